The van der Waals surface area contributed by atoms with E-state index in [1.807, 2.05) is 16.8 Å². The van der Waals surface area contributed by atoms with Gasteiger partial charge in [0.25, 0.3) is 0 Å². The van der Waals surface area contributed by atoms with Gasteiger partial charge in [0.1, 0.15) is 12.6 Å². The summed E-state index contributed by atoms with van der Waals surface area (Å²) in [6, 6.07) is 2.16. The van der Waals surface area contributed by atoms with Gasteiger partial charge in [-0.05, 0) is 32.5 Å². The average molecular weight is 301 g/mol. The molecule has 118 valence electrons. The van der Waals surface area contributed by atoms with Crippen LogP contribution < -0.4 is 0 Å². The lowest BCUT2D eigenvalue weighted by Crippen LogP contribution is -2.26. The van der Waals surface area contributed by atoms with Gasteiger partial charge < -0.3 is 4.79 Å². The Morgan fingerprint density at radius 2 is 2.18 bits per heavy atom. The number of hydrogen-bond acceptors (Lipinski definition) is 5. The zero-order chi connectivity index (χ0) is 15.9. The topological polar surface area (TPSA) is 63.9 Å². The fourth-order valence-corrected chi connectivity index (χ4v) is 2.39. The molecule has 0 radical (unpaired) electrons. The Labute approximate surface area is 131 Å². The van der Waals surface area contributed by atoms with E-state index in [0.29, 0.717) is 12.4 Å². The monoisotopic (exact) mass is 301 g/mol. The Bertz CT molecular complexity index is 597. The smallest absolute Gasteiger partial charge is 0.235 e. The number of imidazole rings is 1. The van der Waals surface area contributed by atoms with E-state index >= 15 is 0 Å². The van der Waals surface area contributed by atoms with Crippen LogP contribution in [0, 0.1) is 0 Å². The minimum atomic E-state index is 0.116. The first-order chi connectivity index (χ1) is 10.7. The number of rotatable bonds is 8. The van der Waals surface area contributed by atoms with Crippen LogP contribution >= 0.6 is 0 Å². The minimum Gasteiger partial charge on any atom is -0.303 e. The highest BCUT2D eigenvalue weighted by Gasteiger charge is 2.19. The number of aryl methyl sites for hydroxylation is 1. The maximum Gasteiger partial charge on any atom is 0.235 e. The zero-order valence-corrected chi connectivity index (χ0v) is 13.4. The molecule has 0 aliphatic carbocycles. The fraction of sp³-hybridized carbons (Fsp3) is 0.500. The van der Waals surface area contributed by atoms with Crippen molar-refractivity contribution in [2.45, 2.75) is 39.2 Å². The summed E-state index contributed by atoms with van der Waals surface area (Å²) in [6.07, 6.45) is 8.34. The highest BCUT2D eigenvalue weighted by Crippen LogP contribution is 2.24. The number of nitrogens with zero attached hydrogens (tertiary/aromatic N) is 5. The molecule has 1 unspecified atom stereocenters. The molecule has 0 amide bonds. The Morgan fingerprint density at radius 1 is 1.36 bits per heavy atom. The van der Waals surface area contributed by atoms with Crippen LogP contribution in [0.3, 0.4) is 0 Å². The third-order valence-corrected chi connectivity index (χ3v) is 3.82. The Balaban J connectivity index is 2.42. The quantitative estimate of drug-likeness (QED) is 0.699. The van der Waals surface area contributed by atoms with Gasteiger partial charge in [-0.25, -0.2) is 15.0 Å². The third-order valence-electron chi connectivity index (χ3n) is 3.82. The van der Waals surface area contributed by atoms with E-state index in [0.717, 1.165) is 37.1 Å². The molecule has 0 aliphatic heterocycles. The zero-order valence-electron chi connectivity index (χ0n) is 13.4. The van der Waals surface area contributed by atoms with Crippen LogP contribution in [0.4, 0.5) is 0 Å². The first-order valence-corrected chi connectivity index (χ1v) is 7.69. The lowest BCUT2D eigenvalue weighted by molar-refractivity contribution is -0.108. The largest absolute Gasteiger partial charge is 0.303 e. The minimum absolute atomic E-state index is 0.116. The van der Waals surface area contributed by atoms with Gasteiger partial charge in [0, 0.05) is 24.5 Å². The highest BCUT2D eigenvalue weighted by atomic mass is 16.1. The lowest BCUT2D eigenvalue weighted by atomic mass is 10.1. The van der Waals surface area contributed by atoms with E-state index in [-0.39, 0.29) is 6.04 Å². The van der Waals surface area contributed by atoms with Gasteiger partial charge in [-0.1, -0.05) is 13.8 Å². The van der Waals surface area contributed by atoms with Crippen LogP contribution in [0.25, 0.3) is 5.95 Å². The van der Waals surface area contributed by atoms with Crippen molar-refractivity contribution in [1.82, 2.24) is 24.4 Å². The van der Waals surface area contributed by atoms with Crippen LogP contribution in [0.5, 0.6) is 0 Å². The van der Waals surface area contributed by atoms with Gasteiger partial charge in [-0.2, -0.15) is 0 Å². The van der Waals surface area contributed by atoms with E-state index in [4.69, 9.17) is 4.98 Å². The molecule has 2 heterocycles. The number of carbonyl (C=O) groups is 1. The van der Waals surface area contributed by atoms with E-state index in [2.05, 4.69) is 35.8 Å². The standard InChI is InChI=1S/C16H23N5O/c1-4-13-11-14(15(7-6-10-22)20(3)5-2)19-16(18-13)21-9-8-17-12-21/h8-12,15H,4-7H2,1-3H3. The summed E-state index contributed by atoms with van der Waals surface area (Å²) >= 11 is 0. The summed E-state index contributed by atoms with van der Waals surface area (Å²) in [5.41, 5.74) is 1.95. The van der Waals surface area contributed by atoms with Crippen LogP contribution in [-0.4, -0.2) is 44.3 Å². The molecule has 1 atom stereocenters. The molecule has 0 N–H and O–H groups in total. The van der Waals surface area contributed by atoms with Crippen LogP contribution in [0.2, 0.25) is 0 Å². The van der Waals surface area contributed by atoms with Crippen molar-refractivity contribution in [2.24, 2.45) is 0 Å². The number of aldehydes is 1. The molecule has 0 saturated carbocycles. The Kier molecular flexibility index (Phi) is 5.77. The summed E-state index contributed by atoms with van der Waals surface area (Å²) in [6.45, 7) is 5.08. The summed E-state index contributed by atoms with van der Waals surface area (Å²) < 4.78 is 1.81. The lowest BCUT2D eigenvalue weighted by Gasteiger charge is -2.26. The number of aromatic nitrogens is 4. The molecule has 22 heavy (non-hydrogen) atoms. The van der Waals surface area contributed by atoms with Gasteiger partial charge in [-0.3, -0.25) is 9.47 Å². The van der Waals surface area contributed by atoms with Crippen LogP contribution in [0.1, 0.15) is 44.1 Å². The van der Waals surface area contributed by atoms with Crippen molar-refractivity contribution >= 4 is 6.29 Å². The molecular formula is C16H23N5O. The van der Waals surface area contributed by atoms with Crippen LogP contribution in [0.15, 0.2) is 24.8 Å². The summed E-state index contributed by atoms with van der Waals surface area (Å²) in [5, 5.41) is 0. The Hall–Kier alpha value is -2.08. The van der Waals surface area contributed by atoms with Crippen molar-refractivity contribution in [3.8, 4) is 5.95 Å². The molecule has 6 heteroatoms. The maximum absolute atomic E-state index is 10.8. The molecule has 0 aromatic carbocycles. The van der Waals surface area contributed by atoms with E-state index in [1.165, 1.54) is 0 Å². The maximum atomic E-state index is 10.8. The van der Waals surface area contributed by atoms with Gasteiger partial charge in [0.2, 0.25) is 5.95 Å². The van der Waals surface area contributed by atoms with Gasteiger partial charge in [0.15, 0.2) is 0 Å². The first-order valence-electron chi connectivity index (χ1n) is 7.69. The molecule has 2 rings (SSSR count). The molecule has 0 fully saturated rings. The average Bonchev–Trinajstić information content (AvgIpc) is 3.09. The number of hydrogen-bond donors (Lipinski definition) is 0. The second kappa shape index (κ2) is 7.79. The Morgan fingerprint density at radius 3 is 2.77 bits per heavy atom. The predicted octanol–water partition coefficient (Wildman–Crippen LogP) is 2.20. The SMILES string of the molecule is CCc1cc(C(CCC=O)N(C)CC)nc(-n2ccnc2)n1. The predicted molar refractivity (Wildman–Crippen MR) is 84.9 cm³/mol. The van der Waals surface area contributed by atoms with E-state index < -0.39 is 0 Å². The molecule has 0 aliphatic rings. The molecule has 6 nitrogen and oxygen atoms in total. The molecule has 0 bridgehead atoms. The fourth-order valence-electron chi connectivity index (χ4n) is 2.39. The summed E-state index contributed by atoms with van der Waals surface area (Å²) in [4.78, 5) is 26.3. The summed E-state index contributed by atoms with van der Waals surface area (Å²) in [5.74, 6) is 0.632. The summed E-state index contributed by atoms with van der Waals surface area (Å²) in [7, 11) is 2.06. The molecule has 0 spiro atoms. The van der Waals surface area contributed by atoms with Crippen molar-refractivity contribution in [3.63, 3.8) is 0 Å². The van der Waals surface area contributed by atoms with Crippen molar-refractivity contribution in [2.75, 3.05) is 13.6 Å². The van der Waals surface area contributed by atoms with Crippen molar-refractivity contribution in [1.29, 1.82) is 0 Å². The number of carbonyl (C=O) groups excluding carboxylic acids is 1. The second-order valence-corrected chi connectivity index (χ2v) is 5.24. The van der Waals surface area contributed by atoms with Gasteiger partial charge in [0.05, 0.1) is 11.7 Å². The molecule has 2 aromatic rings. The molecule has 2 aromatic heterocycles. The van der Waals surface area contributed by atoms with E-state index in [1.54, 1.807) is 12.5 Å². The van der Waals surface area contributed by atoms with Gasteiger partial charge in [-0.15, -0.1) is 0 Å². The first kappa shape index (κ1) is 16.3. The second-order valence-electron chi connectivity index (χ2n) is 5.24. The van der Waals surface area contributed by atoms with Crippen molar-refractivity contribution in [3.05, 3.63) is 36.2 Å². The van der Waals surface area contributed by atoms with Crippen molar-refractivity contribution < 1.29 is 4.79 Å². The van der Waals surface area contributed by atoms with Crippen LogP contribution in [-0.2, 0) is 11.2 Å². The third kappa shape index (κ3) is 3.76. The normalized spacial score (nSPS) is 12.5. The van der Waals surface area contributed by atoms with Gasteiger partial charge >= 0.3 is 0 Å². The molecule has 0 saturated heterocycles. The highest BCUT2D eigenvalue weighted by molar-refractivity contribution is 5.49. The van der Waals surface area contributed by atoms with E-state index in [9.17, 15) is 4.79 Å². The molecular weight excluding hydrogens is 278 g/mol.